The number of nitro groups is 1. The normalized spacial score (nSPS) is 9.86. The first kappa shape index (κ1) is 10.1. The number of carbonyl (C=O) groups excluding carboxylic acids is 1. The van der Waals surface area contributed by atoms with Crippen LogP contribution in [0.15, 0.2) is 0 Å². The molecule has 0 spiro atoms. The van der Waals surface area contributed by atoms with Crippen LogP contribution in [0.1, 0.15) is 5.82 Å². The Labute approximate surface area is 78.6 Å². The van der Waals surface area contributed by atoms with E-state index in [-0.39, 0.29) is 6.54 Å². The first-order chi connectivity index (χ1) is 6.54. The third-order valence-corrected chi connectivity index (χ3v) is 1.52. The van der Waals surface area contributed by atoms with Gasteiger partial charge < -0.3 is 14.9 Å². The predicted molar refractivity (Wildman–Crippen MR) is 43.4 cm³/mol. The molecule has 76 valence electrons. The van der Waals surface area contributed by atoms with Crippen molar-refractivity contribution in [3.63, 3.8) is 0 Å². The second-order valence-corrected chi connectivity index (χ2v) is 2.45. The van der Waals surface area contributed by atoms with Gasteiger partial charge in [0.15, 0.2) is 6.54 Å². The fourth-order valence-electron chi connectivity index (χ4n) is 0.819. The van der Waals surface area contributed by atoms with Gasteiger partial charge in [0.25, 0.3) is 0 Å². The van der Waals surface area contributed by atoms with Gasteiger partial charge in [-0.3, -0.25) is 4.79 Å². The first-order valence-corrected chi connectivity index (χ1v) is 3.67. The molecule has 1 heterocycles. The largest absolute Gasteiger partial charge is 0.491 e. The number of methoxy groups -OCH3 is 1. The summed E-state index contributed by atoms with van der Waals surface area (Å²) in [4.78, 5) is 23.9. The van der Waals surface area contributed by atoms with E-state index in [1.54, 1.807) is 0 Å². The Morgan fingerprint density at radius 3 is 2.79 bits per heavy atom. The molecule has 0 unspecified atom stereocenters. The number of ether oxygens (including phenoxy) is 1. The lowest BCUT2D eigenvalue weighted by Gasteiger charge is -1.95. The highest BCUT2D eigenvalue weighted by Crippen LogP contribution is 2.04. The smallest absolute Gasteiger partial charge is 0.468 e. The van der Waals surface area contributed by atoms with Crippen molar-refractivity contribution in [3.05, 3.63) is 15.9 Å². The summed E-state index contributed by atoms with van der Waals surface area (Å²) in [6, 6.07) is 0. The van der Waals surface area contributed by atoms with Crippen molar-refractivity contribution in [2.75, 3.05) is 7.11 Å². The maximum Gasteiger partial charge on any atom is 0.491 e. The number of carbonyl (C=O) groups is 1. The highest BCUT2D eigenvalue weighted by molar-refractivity contribution is 5.68. The lowest BCUT2D eigenvalue weighted by Crippen LogP contribution is -2.14. The fraction of sp³-hybridized carbons (Fsp3) is 0.500. The third-order valence-electron chi connectivity index (χ3n) is 1.52. The molecule has 0 aliphatic heterocycles. The minimum atomic E-state index is -0.721. The summed E-state index contributed by atoms with van der Waals surface area (Å²) in [5.41, 5.74) is 0. The molecule has 0 saturated carbocycles. The van der Waals surface area contributed by atoms with E-state index in [1.807, 2.05) is 0 Å². The standard InChI is InChI=1S/C6H8N4O4/c1-4-7-6(10(12)13)8-9(4)3-5(11)14-2/h3H2,1-2H3. The molecule has 0 aromatic carbocycles. The summed E-state index contributed by atoms with van der Waals surface area (Å²) in [7, 11) is 1.23. The van der Waals surface area contributed by atoms with Gasteiger partial charge in [-0.15, -0.1) is 0 Å². The van der Waals surface area contributed by atoms with Crippen LogP contribution in [0, 0.1) is 17.0 Å². The van der Waals surface area contributed by atoms with Crippen LogP contribution in [0.5, 0.6) is 0 Å². The average Bonchev–Trinajstić information content (AvgIpc) is 2.48. The second kappa shape index (κ2) is 3.81. The lowest BCUT2D eigenvalue weighted by atomic mass is 10.6. The Morgan fingerprint density at radius 2 is 2.36 bits per heavy atom. The maximum atomic E-state index is 10.8. The van der Waals surface area contributed by atoms with Crippen LogP contribution in [0.4, 0.5) is 5.95 Å². The van der Waals surface area contributed by atoms with Crippen molar-refractivity contribution in [1.82, 2.24) is 14.8 Å². The highest BCUT2D eigenvalue weighted by Gasteiger charge is 2.19. The number of esters is 1. The molecule has 0 aliphatic rings. The van der Waals surface area contributed by atoms with E-state index in [0.717, 1.165) is 4.68 Å². The topological polar surface area (TPSA) is 100 Å². The van der Waals surface area contributed by atoms with E-state index in [0.29, 0.717) is 5.82 Å². The van der Waals surface area contributed by atoms with Crippen LogP contribution in [0.25, 0.3) is 0 Å². The Balaban J connectivity index is 2.88. The number of hydrogen-bond donors (Lipinski definition) is 0. The Kier molecular flexibility index (Phi) is 2.75. The molecule has 14 heavy (non-hydrogen) atoms. The number of aryl methyl sites for hydroxylation is 1. The molecular formula is C6H8N4O4. The molecule has 1 aromatic heterocycles. The van der Waals surface area contributed by atoms with Crippen LogP contribution in [0.3, 0.4) is 0 Å². The molecule has 0 fully saturated rings. The summed E-state index contributed by atoms with van der Waals surface area (Å²) >= 11 is 0. The first-order valence-electron chi connectivity index (χ1n) is 3.67. The molecule has 0 radical (unpaired) electrons. The van der Waals surface area contributed by atoms with Crippen molar-refractivity contribution >= 4 is 11.9 Å². The third kappa shape index (κ3) is 2.03. The minimum absolute atomic E-state index is 0.177. The van der Waals surface area contributed by atoms with Gasteiger partial charge in [0.1, 0.15) is 0 Å². The summed E-state index contributed by atoms with van der Waals surface area (Å²) in [6.45, 7) is 1.34. The van der Waals surface area contributed by atoms with Gasteiger partial charge in [-0.2, -0.15) is 4.68 Å². The van der Waals surface area contributed by atoms with Crippen LogP contribution >= 0.6 is 0 Å². The van der Waals surface area contributed by atoms with E-state index in [1.165, 1.54) is 14.0 Å². The van der Waals surface area contributed by atoms with Gasteiger partial charge in [0.05, 0.1) is 7.11 Å². The van der Waals surface area contributed by atoms with Crippen molar-refractivity contribution in [2.24, 2.45) is 0 Å². The Hall–Kier alpha value is -1.99. The Morgan fingerprint density at radius 1 is 1.71 bits per heavy atom. The Bertz CT molecular complexity index is 372. The van der Waals surface area contributed by atoms with Gasteiger partial charge in [-0.05, 0) is 9.91 Å². The van der Waals surface area contributed by atoms with E-state index in [4.69, 9.17) is 0 Å². The van der Waals surface area contributed by atoms with Crippen molar-refractivity contribution in [2.45, 2.75) is 13.5 Å². The van der Waals surface area contributed by atoms with E-state index in [9.17, 15) is 14.9 Å². The zero-order valence-electron chi connectivity index (χ0n) is 7.63. The van der Waals surface area contributed by atoms with Gasteiger partial charge in [-0.25, -0.2) is 0 Å². The molecule has 8 nitrogen and oxygen atoms in total. The molecule has 1 aromatic rings. The second-order valence-electron chi connectivity index (χ2n) is 2.45. The summed E-state index contributed by atoms with van der Waals surface area (Å²) in [5, 5.41) is 13.8. The fourth-order valence-corrected chi connectivity index (χ4v) is 0.819. The van der Waals surface area contributed by atoms with Gasteiger partial charge in [0.2, 0.25) is 5.82 Å². The van der Waals surface area contributed by atoms with E-state index >= 15 is 0 Å². The number of nitrogens with zero attached hydrogens (tertiary/aromatic N) is 4. The average molecular weight is 200 g/mol. The van der Waals surface area contributed by atoms with Crippen LogP contribution in [-0.4, -0.2) is 32.8 Å². The monoisotopic (exact) mass is 200 g/mol. The van der Waals surface area contributed by atoms with Gasteiger partial charge >= 0.3 is 11.9 Å². The van der Waals surface area contributed by atoms with Crippen molar-refractivity contribution < 1.29 is 14.5 Å². The zero-order valence-corrected chi connectivity index (χ0v) is 7.63. The molecule has 0 atom stereocenters. The molecule has 0 aliphatic carbocycles. The van der Waals surface area contributed by atoms with Crippen molar-refractivity contribution in [3.8, 4) is 0 Å². The molecule has 0 bridgehead atoms. The predicted octanol–water partition coefficient (Wildman–Crippen LogP) is -0.332. The summed E-state index contributed by atoms with van der Waals surface area (Å²) in [5.74, 6) is -0.763. The minimum Gasteiger partial charge on any atom is -0.468 e. The number of hydrogen-bond acceptors (Lipinski definition) is 6. The SMILES string of the molecule is COC(=O)Cn1nc([N+](=O)[O-])nc1C. The molecule has 8 heteroatoms. The van der Waals surface area contributed by atoms with E-state index in [2.05, 4.69) is 14.8 Å². The van der Waals surface area contributed by atoms with Crippen LogP contribution < -0.4 is 0 Å². The molecule has 0 amide bonds. The summed E-state index contributed by atoms with van der Waals surface area (Å²) in [6.07, 6.45) is 0. The quantitative estimate of drug-likeness (QED) is 0.376. The molecule has 0 N–H and O–H groups in total. The van der Waals surface area contributed by atoms with Gasteiger partial charge in [0, 0.05) is 12.0 Å². The van der Waals surface area contributed by atoms with Crippen LogP contribution in [0.2, 0.25) is 0 Å². The van der Waals surface area contributed by atoms with Gasteiger partial charge in [-0.1, -0.05) is 0 Å². The zero-order chi connectivity index (χ0) is 10.7. The molecule has 1 rings (SSSR count). The number of rotatable bonds is 3. The lowest BCUT2D eigenvalue weighted by molar-refractivity contribution is -0.394. The molecular weight excluding hydrogens is 192 g/mol. The highest BCUT2D eigenvalue weighted by atomic mass is 16.6. The van der Waals surface area contributed by atoms with Crippen LogP contribution in [-0.2, 0) is 16.1 Å². The van der Waals surface area contributed by atoms with Crippen molar-refractivity contribution in [1.29, 1.82) is 0 Å². The number of aromatic nitrogens is 3. The van der Waals surface area contributed by atoms with E-state index < -0.39 is 16.8 Å². The summed E-state index contributed by atoms with van der Waals surface area (Å²) < 4.78 is 5.50. The molecule has 0 saturated heterocycles. The maximum absolute atomic E-state index is 10.8.